The lowest BCUT2D eigenvalue weighted by atomic mass is 9.93. The van der Waals surface area contributed by atoms with Gasteiger partial charge in [-0.3, -0.25) is 0 Å². The van der Waals surface area contributed by atoms with Crippen molar-refractivity contribution >= 4 is 11.6 Å². The Hall–Kier alpha value is -0.930. The molecule has 4 heteroatoms. The fourth-order valence-electron chi connectivity index (χ4n) is 2.01. The number of fused-ring (bicyclic) bond motifs is 1. The maximum absolute atomic E-state index is 9.75. The van der Waals surface area contributed by atoms with Crippen LogP contribution in [0.2, 0.25) is 5.02 Å². The molecule has 16 heavy (non-hydrogen) atoms. The summed E-state index contributed by atoms with van der Waals surface area (Å²) in [4.78, 5) is 0. The number of hydrogen-bond acceptors (Lipinski definition) is 3. The van der Waals surface area contributed by atoms with Crippen LogP contribution in [0.3, 0.4) is 0 Å². The highest BCUT2D eigenvalue weighted by molar-refractivity contribution is 6.32. The van der Waals surface area contributed by atoms with Crippen molar-refractivity contribution in [2.24, 2.45) is 0 Å². The molecule has 1 aliphatic rings. The summed E-state index contributed by atoms with van der Waals surface area (Å²) < 4.78 is 10.8. The van der Waals surface area contributed by atoms with E-state index in [0.717, 1.165) is 11.1 Å². The number of ether oxygens (including phenoxy) is 2. The molecular formula is C12H15ClO3. The quantitative estimate of drug-likeness (QED) is 0.865. The number of halogens is 1. The average Bonchev–Trinajstić information content (AvgIpc) is 2.65. The highest BCUT2D eigenvalue weighted by Crippen LogP contribution is 2.47. The molecule has 1 N–H and O–H groups in total. The average molecular weight is 243 g/mol. The number of rotatable bonds is 2. The molecular weight excluding hydrogens is 228 g/mol. The largest absolute Gasteiger partial charge is 0.453 e. The Kier molecular flexibility index (Phi) is 3.00. The summed E-state index contributed by atoms with van der Waals surface area (Å²) in [6, 6.07) is 1.76. The lowest BCUT2D eigenvalue weighted by Crippen LogP contribution is -2.02. The maximum Gasteiger partial charge on any atom is 0.231 e. The first-order valence-electron chi connectivity index (χ1n) is 5.32. The van der Waals surface area contributed by atoms with E-state index in [1.54, 1.807) is 13.0 Å². The molecule has 1 heterocycles. The van der Waals surface area contributed by atoms with E-state index in [-0.39, 0.29) is 12.7 Å². The second-order valence-electron chi connectivity index (χ2n) is 4.26. The van der Waals surface area contributed by atoms with Crippen LogP contribution in [0, 0.1) is 0 Å². The SMILES string of the molecule is CC(C)c1c(C(C)O)cc(Cl)c2c1OCO2. The van der Waals surface area contributed by atoms with Crippen LogP contribution >= 0.6 is 11.6 Å². The molecule has 0 saturated heterocycles. The molecule has 2 rings (SSSR count). The topological polar surface area (TPSA) is 38.7 Å². The lowest BCUT2D eigenvalue weighted by molar-refractivity contribution is 0.172. The van der Waals surface area contributed by atoms with E-state index in [2.05, 4.69) is 13.8 Å². The van der Waals surface area contributed by atoms with Gasteiger partial charge in [-0.2, -0.15) is 0 Å². The van der Waals surface area contributed by atoms with E-state index < -0.39 is 6.10 Å². The van der Waals surface area contributed by atoms with E-state index in [1.165, 1.54) is 0 Å². The third kappa shape index (κ3) is 1.74. The van der Waals surface area contributed by atoms with Crippen molar-refractivity contribution in [3.8, 4) is 11.5 Å². The highest BCUT2D eigenvalue weighted by atomic mass is 35.5. The van der Waals surface area contributed by atoms with Gasteiger partial charge in [0.1, 0.15) is 0 Å². The van der Waals surface area contributed by atoms with Gasteiger partial charge in [0.05, 0.1) is 11.1 Å². The minimum Gasteiger partial charge on any atom is -0.453 e. The summed E-state index contributed by atoms with van der Waals surface area (Å²) in [6.45, 7) is 6.02. The first-order valence-corrected chi connectivity index (χ1v) is 5.70. The van der Waals surface area contributed by atoms with Crippen molar-refractivity contribution in [3.63, 3.8) is 0 Å². The van der Waals surface area contributed by atoms with Crippen LogP contribution in [0.25, 0.3) is 0 Å². The van der Waals surface area contributed by atoms with Crippen LogP contribution in [0.5, 0.6) is 11.5 Å². The van der Waals surface area contributed by atoms with Crippen LogP contribution in [0.4, 0.5) is 0 Å². The third-order valence-electron chi connectivity index (χ3n) is 2.69. The van der Waals surface area contributed by atoms with Crippen LogP contribution < -0.4 is 9.47 Å². The molecule has 3 nitrogen and oxygen atoms in total. The Morgan fingerprint density at radius 3 is 2.44 bits per heavy atom. The smallest absolute Gasteiger partial charge is 0.231 e. The van der Waals surface area contributed by atoms with E-state index >= 15 is 0 Å². The van der Waals surface area contributed by atoms with Gasteiger partial charge in [0.15, 0.2) is 11.5 Å². The van der Waals surface area contributed by atoms with Gasteiger partial charge in [0.25, 0.3) is 0 Å². The number of benzene rings is 1. The van der Waals surface area contributed by atoms with Crippen molar-refractivity contribution in [1.82, 2.24) is 0 Å². The van der Waals surface area contributed by atoms with Gasteiger partial charge in [0.2, 0.25) is 6.79 Å². The maximum atomic E-state index is 9.75. The summed E-state index contributed by atoms with van der Waals surface area (Å²) in [6.07, 6.45) is -0.565. The van der Waals surface area contributed by atoms with E-state index in [4.69, 9.17) is 21.1 Å². The minimum atomic E-state index is -0.565. The molecule has 88 valence electrons. The van der Waals surface area contributed by atoms with Crippen molar-refractivity contribution < 1.29 is 14.6 Å². The monoisotopic (exact) mass is 242 g/mol. The molecule has 0 saturated carbocycles. The van der Waals surface area contributed by atoms with Crippen LogP contribution in [0.1, 0.15) is 43.9 Å². The number of aliphatic hydroxyl groups excluding tert-OH is 1. The Morgan fingerprint density at radius 1 is 1.25 bits per heavy atom. The molecule has 0 spiro atoms. The normalized spacial score (nSPS) is 15.6. The minimum absolute atomic E-state index is 0.192. The van der Waals surface area contributed by atoms with Gasteiger partial charge in [-0.05, 0) is 24.5 Å². The molecule has 0 fully saturated rings. The van der Waals surface area contributed by atoms with Crippen LogP contribution in [-0.4, -0.2) is 11.9 Å². The van der Waals surface area contributed by atoms with Gasteiger partial charge >= 0.3 is 0 Å². The third-order valence-corrected chi connectivity index (χ3v) is 2.98. The Morgan fingerprint density at radius 2 is 1.88 bits per heavy atom. The summed E-state index contributed by atoms with van der Waals surface area (Å²) in [5, 5.41) is 10.2. The van der Waals surface area contributed by atoms with Crippen LogP contribution in [0.15, 0.2) is 6.07 Å². The Balaban J connectivity index is 2.67. The summed E-state index contributed by atoms with van der Waals surface area (Å²) in [5.74, 6) is 1.52. The van der Waals surface area contributed by atoms with E-state index in [9.17, 15) is 5.11 Å². The Labute approximate surface area is 99.9 Å². The first kappa shape index (κ1) is 11.6. The lowest BCUT2D eigenvalue weighted by Gasteiger charge is -2.18. The molecule has 0 amide bonds. The first-order chi connectivity index (χ1) is 7.52. The molecule has 1 aromatic rings. The Bertz CT molecular complexity index is 413. The zero-order chi connectivity index (χ0) is 11.9. The standard InChI is InChI=1S/C12H15ClO3/c1-6(2)10-8(7(3)14)4-9(13)11-12(10)16-5-15-11/h4,6-7,14H,5H2,1-3H3. The van der Waals surface area contributed by atoms with E-state index in [1.807, 2.05) is 0 Å². The molecule has 1 unspecified atom stereocenters. The second kappa shape index (κ2) is 4.15. The van der Waals surface area contributed by atoms with Gasteiger partial charge in [-0.1, -0.05) is 25.4 Å². The second-order valence-corrected chi connectivity index (χ2v) is 4.66. The van der Waals surface area contributed by atoms with Crippen molar-refractivity contribution in [1.29, 1.82) is 0 Å². The predicted molar refractivity (Wildman–Crippen MR) is 62.3 cm³/mol. The van der Waals surface area contributed by atoms with Crippen molar-refractivity contribution in [2.45, 2.75) is 32.8 Å². The molecule has 0 aromatic heterocycles. The molecule has 1 atom stereocenters. The van der Waals surface area contributed by atoms with Gasteiger partial charge < -0.3 is 14.6 Å². The zero-order valence-electron chi connectivity index (χ0n) is 9.58. The summed E-state index contributed by atoms with van der Waals surface area (Å²) >= 11 is 6.08. The molecule has 1 aliphatic heterocycles. The highest BCUT2D eigenvalue weighted by Gasteiger charge is 2.27. The van der Waals surface area contributed by atoms with Gasteiger partial charge in [-0.15, -0.1) is 0 Å². The van der Waals surface area contributed by atoms with Gasteiger partial charge in [0, 0.05) is 5.56 Å². The molecule has 0 aliphatic carbocycles. The van der Waals surface area contributed by atoms with Gasteiger partial charge in [-0.25, -0.2) is 0 Å². The molecule has 1 aromatic carbocycles. The molecule has 0 bridgehead atoms. The summed E-state index contributed by atoms with van der Waals surface area (Å²) in [5.41, 5.74) is 1.79. The molecule has 0 radical (unpaired) electrons. The fourth-order valence-corrected chi connectivity index (χ4v) is 2.27. The van der Waals surface area contributed by atoms with Crippen LogP contribution in [-0.2, 0) is 0 Å². The van der Waals surface area contributed by atoms with Crippen molar-refractivity contribution in [3.05, 3.63) is 22.2 Å². The number of hydrogen-bond donors (Lipinski definition) is 1. The number of aliphatic hydroxyl groups is 1. The zero-order valence-corrected chi connectivity index (χ0v) is 10.3. The fraction of sp³-hybridized carbons (Fsp3) is 0.500. The van der Waals surface area contributed by atoms with E-state index in [0.29, 0.717) is 16.5 Å². The van der Waals surface area contributed by atoms with Crippen molar-refractivity contribution in [2.75, 3.05) is 6.79 Å². The predicted octanol–water partition coefficient (Wildman–Crippen LogP) is 3.25. The summed E-state index contributed by atoms with van der Waals surface area (Å²) in [7, 11) is 0.